The molecular formula is C24H26N4O3. The van der Waals surface area contributed by atoms with Crippen LogP contribution in [0.5, 0.6) is 5.75 Å². The number of anilines is 1. The predicted molar refractivity (Wildman–Crippen MR) is 118 cm³/mol. The molecule has 5 rings (SSSR count). The van der Waals surface area contributed by atoms with Gasteiger partial charge in [-0.15, -0.1) is 0 Å². The van der Waals surface area contributed by atoms with Crippen LogP contribution in [-0.2, 0) is 15.0 Å². The number of rotatable bonds is 5. The number of benzene rings is 2. The SMILES string of the molecule is COc1ccc(C2(C(=O)N3CCC[C@@H]3C(=O)Nc3cccc4[nH]ncc34)CCC2)cc1. The summed E-state index contributed by atoms with van der Waals surface area (Å²) in [6.07, 6.45) is 5.87. The number of methoxy groups -OCH3 is 1. The lowest BCUT2D eigenvalue weighted by atomic mass is 9.63. The zero-order valence-electron chi connectivity index (χ0n) is 17.6. The van der Waals surface area contributed by atoms with Crippen LogP contribution in [0.3, 0.4) is 0 Å². The van der Waals surface area contributed by atoms with Crippen LogP contribution in [0.15, 0.2) is 48.7 Å². The molecule has 2 fully saturated rings. The van der Waals surface area contributed by atoms with E-state index in [1.54, 1.807) is 18.2 Å². The Balaban J connectivity index is 1.38. The van der Waals surface area contributed by atoms with Crippen LogP contribution in [0.25, 0.3) is 10.9 Å². The Kier molecular flexibility index (Phi) is 4.88. The third kappa shape index (κ3) is 3.24. The molecule has 2 N–H and O–H groups in total. The molecular weight excluding hydrogens is 392 g/mol. The summed E-state index contributed by atoms with van der Waals surface area (Å²) in [6, 6.07) is 13.0. The molecule has 0 bridgehead atoms. The minimum absolute atomic E-state index is 0.0723. The van der Waals surface area contributed by atoms with Crippen LogP contribution in [0.2, 0.25) is 0 Å². The van der Waals surface area contributed by atoms with Crippen molar-refractivity contribution in [2.24, 2.45) is 0 Å². The van der Waals surface area contributed by atoms with Crippen LogP contribution in [0, 0.1) is 0 Å². The first-order valence-corrected chi connectivity index (χ1v) is 10.8. The molecule has 1 saturated carbocycles. The number of hydrogen-bond acceptors (Lipinski definition) is 4. The van der Waals surface area contributed by atoms with E-state index in [9.17, 15) is 9.59 Å². The van der Waals surface area contributed by atoms with Gasteiger partial charge in [0.15, 0.2) is 0 Å². The number of carbonyl (C=O) groups excluding carboxylic acids is 2. The molecule has 2 amide bonds. The Morgan fingerprint density at radius 1 is 1.16 bits per heavy atom. The second-order valence-corrected chi connectivity index (χ2v) is 8.45. The molecule has 1 aromatic heterocycles. The summed E-state index contributed by atoms with van der Waals surface area (Å²) in [5.74, 6) is 0.712. The van der Waals surface area contributed by atoms with Gasteiger partial charge in [0.2, 0.25) is 11.8 Å². The molecule has 1 aliphatic carbocycles. The highest BCUT2D eigenvalue weighted by Crippen LogP contribution is 2.46. The lowest BCUT2D eigenvalue weighted by Crippen LogP contribution is -2.54. The standard InChI is InChI=1S/C24H26N4O3/c1-31-17-10-8-16(9-11-17)24(12-4-13-24)23(30)28-14-3-7-21(28)22(29)26-19-5-2-6-20-18(19)15-25-27-20/h2,5-6,8-11,15,21H,3-4,7,12-14H2,1H3,(H,25,27)(H,26,29)/t21-/m1/s1. The summed E-state index contributed by atoms with van der Waals surface area (Å²) >= 11 is 0. The summed E-state index contributed by atoms with van der Waals surface area (Å²) < 4.78 is 5.27. The van der Waals surface area contributed by atoms with E-state index in [0.717, 1.165) is 47.9 Å². The van der Waals surface area contributed by atoms with E-state index in [1.165, 1.54) is 0 Å². The number of nitrogens with zero attached hydrogens (tertiary/aromatic N) is 2. The maximum Gasteiger partial charge on any atom is 0.247 e. The zero-order chi connectivity index (χ0) is 21.4. The van der Waals surface area contributed by atoms with Crippen molar-refractivity contribution in [1.29, 1.82) is 0 Å². The van der Waals surface area contributed by atoms with Crippen molar-refractivity contribution >= 4 is 28.4 Å². The molecule has 1 atom stereocenters. The highest BCUT2D eigenvalue weighted by molar-refractivity contribution is 6.04. The van der Waals surface area contributed by atoms with Gasteiger partial charge in [-0.05, 0) is 55.5 Å². The van der Waals surface area contributed by atoms with Gasteiger partial charge in [0.05, 0.1) is 29.9 Å². The molecule has 1 saturated heterocycles. The predicted octanol–water partition coefficient (Wildman–Crippen LogP) is 3.62. The number of likely N-dealkylation sites (tertiary alicyclic amines) is 1. The van der Waals surface area contributed by atoms with E-state index in [2.05, 4.69) is 15.5 Å². The van der Waals surface area contributed by atoms with E-state index in [4.69, 9.17) is 4.74 Å². The maximum absolute atomic E-state index is 13.7. The van der Waals surface area contributed by atoms with Gasteiger partial charge in [-0.3, -0.25) is 14.7 Å². The van der Waals surface area contributed by atoms with Crippen molar-refractivity contribution in [3.05, 3.63) is 54.2 Å². The number of aromatic nitrogens is 2. The highest BCUT2D eigenvalue weighted by atomic mass is 16.5. The largest absolute Gasteiger partial charge is 0.497 e. The molecule has 2 heterocycles. The van der Waals surface area contributed by atoms with Gasteiger partial charge in [-0.2, -0.15) is 5.10 Å². The minimum atomic E-state index is -0.528. The van der Waals surface area contributed by atoms with E-state index in [1.807, 2.05) is 42.5 Å². The first-order chi connectivity index (χ1) is 15.1. The van der Waals surface area contributed by atoms with Gasteiger partial charge in [0.1, 0.15) is 11.8 Å². The van der Waals surface area contributed by atoms with Gasteiger partial charge >= 0.3 is 0 Å². The van der Waals surface area contributed by atoms with Crippen LogP contribution in [-0.4, -0.2) is 46.6 Å². The van der Waals surface area contributed by atoms with Crippen molar-refractivity contribution in [3.63, 3.8) is 0 Å². The molecule has 0 spiro atoms. The average Bonchev–Trinajstić information content (AvgIpc) is 3.43. The molecule has 3 aromatic rings. The van der Waals surface area contributed by atoms with E-state index in [0.29, 0.717) is 18.7 Å². The summed E-state index contributed by atoms with van der Waals surface area (Å²) in [6.45, 7) is 0.616. The molecule has 0 unspecified atom stereocenters. The number of amides is 2. The summed E-state index contributed by atoms with van der Waals surface area (Å²) in [5.41, 5.74) is 2.06. The molecule has 1 aliphatic heterocycles. The number of fused-ring (bicyclic) bond motifs is 1. The lowest BCUT2D eigenvalue weighted by molar-refractivity contribution is -0.144. The van der Waals surface area contributed by atoms with Crippen LogP contribution < -0.4 is 10.1 Å². The van der Waals surface area contributed by atoms with E-state index >= 15 is 0 Å². The fraction of sp³-hybridized carbons (Fsp3) is 0.375. The zero-order valence-corrected chi connectivity index (χ0v) is 17.6. The molecule has 2 aliphatic rings. The summed E-state index contributed by atoms with van der Waals surface area (Å²) in [7, 11) is 1.64. The molecule has 31 heavy (non-hydrogen) atoms. The number of ether oxygens (including phenoxy) is 1. The Hall–Kier alpha value is -3.35. The summed E-state index contributed by atoms with van der Waals surface area (Å²) in [5, 5.41) is 10.9. The second-order valence-electron chi connectivity index (χ2n) is 8.45. The number of H-pyrrole nitrogens is 1. The van der Waals surface area contributed by atoms with E-state index < -0.39 is 11.5 Å². The van der Waals surface area contributed by atoms with Crippen LogP contribution >= 0.6 is 0 Å². The Bertz CT molecular complexity index is 1120. The Morgan fingerprint density at radius 3 is 2.68 bits per heavy atom. The number of carbonyl (C=O) groups is 2. The fourth-order valence-corrected chi connectivity index (χ4v) is 4.92. The monoisotopic (exact) mass is 418 g/mol. The van der Waals surface area contributed by atoms with Crippen molar-refractivity contribution in [2.75, 3.05) is 19.0 Å². The van der Waals surface area contributed by atoms with Crippen molar-refractivity contribution < 1.29 is 14.3 Å². The molecule has 7 heteroatoms. The second kappa shape index (κ2) is 7.72. The lowest BCUT2D eigenvalue weighted by Gasteiger charge is -2.44. The Morgan fingerprint density at radius 2 is 1.97 bits per heavy atom. The third-order valence-corrected chi connectivity index (χ3v) is 6.82. The topological polar surface area (TPSA) is 87.3 Å². The molecule has 0 radical (unpaired) electrons. The highest BCUT2D eigenvalue weighted by Gasteiger charge is 2.50. The van der Waals surface area contributed by atoms with Crippen molar-refractivity contribution in [1.82, 2.24) is 15.1 Å². The van der Waals surface area contributed by atoms with E-state index in [-0.39, 0.29) is 11.8 Å². The first kappa shape index (κ1) is 19.6. The number of hydrogen-bond donors (Lipinski definition) is 2. The summed E-state index contributed by atoms with van der Waals surface area (Å²) in [4.78, 5) is 28.7. The van der Waals surface area contributed by atoms with Gasteiger partial charge in [-0.25, -0.2) is 0 Å². The number of nitrogens with one attached hydrogen (secondary N) is 2. The fourth-order valence-electron chi connectivity index (χ4n) is 4.92. The van der Waals surface area contributed by atoms with Crippen molar-refractivity contribution in [2.45, 2.75) is 43.6 Å². The maximum atomic E-state index is 13.7. The first-order valence-electron chi connectivity index (χ1n) is 10.8. The van der Waals surface area contributed by atoms with Crippen LogP contribution in [0.1, 0.15) is 37.7 Å². The minimum Gasteiger partial charge on any atom is -0.497 e. The van der Waals surface area contributed by atoms with Gasteiger partial charge in [-0.1, -0.05) is 24.6 Å². The smallest absolute Gasteiger partial charge is 0.247 e. The normalized spacial score (nSPS) is 19.8. The average molecular weight is 418 g/mol. The van der Waals surface area contributed by atoms with Gasteiger partial charge in [0.25, 0.3) is 0 Å². The van der Waals surface area contributed by atoms with Gasteiger partial charge in [0, 0.05) is 11.9 Å². The third-order valence-electron chi connectivity index (χ3n) is 6.82. The quantitative estimate of drug-likeness (QED) is 0.663. The molecule has 2 aromatic carbocycles. The Labute approximate surface area is 180 Å². The number of aromatic amines is 1. The molecule has 160 valence electrons. The molecule has 7 nitrogen and oxygen atoms in total. The van der Waals surface area contributed by atoms with Crippen molar-refractivity contribution in [3.8, 4) is 5.75 Å². The van der Waals surface area contributed by atoms with Gasteiger partial charge < -0.3 is 15.0 Å². The van der Waals surface area contributed by atoms with Crippen LogP contribution in [0.4, 0.5) is 5.69 Å².